The lowest BCUT2D eigenvalue weighted by molar-refractivity contribution is -0.274. The topological polar surface area (TPSA) is 69.0 Å². The zero-order valence-electron chi connectivity index (χ0n) is 16.8. The van der Waals surface area contributed by atoms with Gasteiger partial charge < -0.3 is 4.74 Å². The van der Waals surface area contributed by atoms with Crippen LogP contribution >= 0.6 is 11.6 Å². The number of amides is 1. The van der Waals surface area contributed by atoms with Gasteiger partial charge in [0.05, 0.1) is 5.69 Å². The number of ether oxygens (including phenoxy) is 1. The van der Waals surface area contributed by atoms with E-state index in [0.717, 1.165) is 0 Å². The van der Waals surface area contributed by atoms with Gasteiger partial charge in [-0.05, 0) is 48.2 Å². The van der Waals surface area contributed by atoms with Gasteiger partial charge in [-0.2, -0.15) is 0 Å². The summed E-state index contributed by atoms with van der Waals surface area (Å²) in [6.45, 7) is 7.56. The van der Waals surface area contributed by atoms with E-state index in [1.54, 1.807) is 13.0 Å². The molecule has 10 heteroatoms. The van der Waals surface area contributed by atoms with E-state index in [-0.39, 0.29) is 34.6 Å². The molecule has 2 heterocycles. The highest BCUT2D eigenvalue weighted by atomic mass is 35.5. The highest BCUT2D eigenvalue weighted by molar-refractivity contribution is 6.30. The number of imidazole rings is 1. The van der Waals surface area contributed by atoms with E-state index >= 15 is 0 Å². The van der Waals surface area contributed by atoms with Crippen LogP contribution in [0.5, 0.6) is 5.75 Å². The summed E-state index contributed by atoms with van der Waals surface area (Å²) < 4.78 is 42.8. The molecule has 0 saturated heterocycles. The average Bonchev–Trinajstić information content (AvgIpc) is 2.89. The van der Waals surface area contributed by atoms with Gasteiger partial charge in [0.15, 0.2) is 5.65 Å². The number of halogens is 4. The van der Waals surface area contributed by atoms with Crippen LogP contribution in [-0.2, 0) is 4.79 Å². The second-order valence-electron chi connectivity index (χ2n) is 8.04. The van der Waals surface area contributed by atoms with Crippen molar-refractivity contribution in [2.45, 2.75) is 40.5 Å². The average molecular weight is 441 g/mol. The third-order valence-electron chi connectivity index (χ3n) is 4.03. The van der Waals surface area contributed by atoms with E-state index < -0.39 is 6.36 Å². The summed E-state index contributed by atoms with van der Waals surface area (Å²) in [4.78, 5) is 21.3. The number of rotatable bonds is 4. The Morgan fingerprint density at radius 2 is 1.80 bits per heavy atom. The molecular weight excluding hydrogens is 421 g/mol. The fourth-order valence-electron chi connectivity index (χ4n) is 2.85. The normalized spacial score (nSPS) is 12.3. The molecule has 3 aromatic rings. The molecule has 0 bridgehead atoms. The van der Waals surface area contributed by atoms with Gasteiger partial charge in [-0.15, -0.1) is 13.2 Å². The van der Waals surface area contributed by atoms with Crippen LogP contribution in [0.4, 0.5) is 19.1 Å². The first-order valence-electron chi connectivity index (χ1n) is 9.04. The molecular formula is C20H20ClF3N4O2. The van der Waals surface area contributed by atoms with Crippen LogP contribution < -0.4 is 10.1 Å². The van der Waals surface area contributed by atoms with Crippen molar-refractivity contribution >= 4 is 34.6 Å². The van der Waals surface area contributed by atoms with Crippen LogP contribution in [0.3, 0.4) is 0 Å². The number of nitrogens with zero attached hydrogens (tertiary/aromatic N) is 3. The van der Waals surface area contributed by atoms with Crippen molar-refractivity contribution in [2.75, 3.05) is 5.32 Å². The molecule has 0 aliphatic rings. The predicted molar refractivity (Wildman–Crippen MR) is 108 cm³/mol. The number of nitrogens with one attached hydrogen (secondary N) is 1. The molecule has 6 nitrogen and oxygen atoms in total. The molecule has 0 atom stereocenters. The van der Waals surface area contributed by atoms with Crippen molar-refractivity contribution in [3.05, 3.63) is 41.0 Å². The van der Waals surface area contributed by atoms with Crippen molar-refractivity contribution in [3.8, 4) is 11.4 Å². The molecule has 1 amide bonds. The molecule has 3 rings (SSSR count). The van der Waals surface area contributed by atoms with Crippen molar-refractivity contribution in [1.82, 2.24) is 14.5 Å². The van der Waals surface area contributed by atoms with Gasteiger partial charge in [0, 0.05) is 6.42 Å². The summed E-state index contributed by atoms with van der Waals surface area (Å²) in [5, 5.41) is 3.02. The van der Waals surface area contributed by atoms with Crippen LogP contribution in [-0.4, -0.2) is 26.8 Å². The second-order valence-corrected chi connectivity index (χ2v) is 8.39. The number of carbonyl (C=O) groups excluding carboxylic acids is 1. The third-order valence-corrected chi connectivity index (χ3v) is 4.41. The SMILES string of the molecule is Cc1cc2nc(NC(=O)CC(C)(C)C)n(-c3ccc(OC(F)(F)F)cc3)c2nc1Cl. The van der Waals surface area contributed by atoms with Crippen LogP contribution in [0, 0.1) is 12.3 Å². The van der Waals surface area contributed by atoms with E-state index in [1.165, 1.54) is 28.8 Å². The lowest BCUT2D eigenvalue weighted by atomic mass is 9.92. The summed E-state index contributed by atoms with van der Waals surface area (Å²) in [7, 11) is 0. The van der Waals surface area contributed by atoms with E-state index in [9.17, 15) is 18.0 Å². The Morgan fingerprint density at radius 1 is 1.17 bits per heavy atom. The van der Waals surface area contributed by atoms with E-state index in [1.807, 2.05) is 20.8 Å². The summed E-state index contributed by atoms with van der Waals surface area (Å²) in [5.74, 6) is -0.423. The minimum atomic E-state index is -4.79. The number of fused-ring (bicyclic) bond motifs is 1. The third kappa shape index (κ3) is 5.21. The fourth-order valence-corrected chi connectivity index (χ4v) is 2.99. The molecule has 0 aliphatic heterocycles. The Hall–Kier alpha value is -2.81. The largest absolute Gasteiger partial charge is 0.573 e. The Morgan fingerprint density at radius 3 is 2.37 bits per heavy atom. The quantitative estimate of drug-likeness (QED) is 0.532. The predicted octanol–water partition coefficient (Wildman–Crippen LogP) is 5.66. The number of hydrogen-bond donors (Lipinski definition) is 1. The molecule has 1 N–H and O–H groups in total. The molecule has 2 aromatic heterocycles. The zero-order chi connectivity index (χ0) is 22.3. The van der Waals surface area contributed by atoms with Gasteiger partial charge in [-0.1, -0.05) is 32.4 Å². The monoisotopic (exact) mass is 440 g/mol. The van der Waals surface area contributed by atoms with E-state index in [0.29, 0.717) is 22.4 Å². The Labute approximate surface area is 176 Å². The van der Waals surface area contributed by atoms with Gasteiger partial charge in [0.2, 0.25) is 11.9 Å². The first kappa shape index (κ1) is 21.9. The van der Waals surface area contributed by atoms with Gasteiger partial charge in [0.25, 0.3) is 0 Å². The van der Waals surface area contributed by atoms with Gasteiger partial charge in [-0.25, -0.2) is 9.97 Å². The highest BCUT2D eigenvalue weighted by Crippen LogP contribution is 2.29. The zero-order valence-corrected chi connectivity index (χ0v) is 17.5. The summed E-state index contributed by atoms with van der Waals surface area (Å²) >= 11 is 6.16. The number of aryl methyl sites for hydroxylation is 1. The van der Waals surface area contributed by atoms with E-state index in [2.05, 4.69) is 20.0 Å². The van der Waals surface area contributed by atoms with Crippen LogP contribution in [0.1, 0.15) is 32.8 Å². The van der Waals surface area contributed by atoms with Crippen LogP contribution in [0.2, 0.25) is 5.15 Å². The number of alkyl halides is 3. The highest BCUT2D eigenvalue weighted by Gasteiger charge is 2.31. The maximum absolute atomic E-state index is 12.5. The van der Waals surface area contributed by atoms with Crippen molar-refractivity contribution in [1.29, 1.82) is 0 Å². The van der Waals surface area contributed by atoms with Gasteiger partial charge in [-0.3, -0.25) is 14.7 Å². The van der Waals surface area contributed by atoms with Crippen LogP contribution in [0.15, 0.2) is 30.3 Å². The second kappa shape index (κ2) is 7.79. The number of aromatic nitrogens is 3. The summed E-state index contributed by atoms with van der Waals surface area (Å²) in [6, 6.07) is 6.90. The Kier molecular flexibility index (Phi) is 5.68. The van der Waals surface area contributed by atoms with Gasteiger partial charge >= 0.3 is 6.36 Å². The van der Waals surface area contributed by atoms with Gasteiger partial charge in [0.1, 0.15) is 16.4 Å². The lowest BCUT2D eigenvalue weighted by Gasteiger charge is -2.17. The van der Waals surface area contributed by atoms with Crippen molar-refractivity contribution in [2.24, 2.45) is 5.41 Å². The number of pyridine rings is 1. The first-order valence-corrected chi connectivity index (χ1v) is 9.42. The number of hydrogen-bond acceptors (Lipinski definition) is 4. The molecule has 30 heavy (non-hydrogen) atoms. The summed E-state index contributed by atoms with van der Waals surface area (Å²) in [6.07, 6.45) is -4.54. The molecule has 0 unspecified atom stereocenters. The van der Waals surface area contributed by atoms with Crippen LogP contribution in [0.25, 0.3) is 16.9 Å². The maximum atomic E-state index is 12.5. The molecule has 0 fully saturated rings. The van der Waals surface area contributed by atoms with E-state index in [4.69, 9.17) is 11.6 Å². The molecule has 0 aliphatic carbocycles. The molecule has 0 spiro atoms. The minimum absolute atomic E-state index is 0.193. The number of carbonyl (C=O) groups is 1. The standard InChI is InChI=1S/C20H20ClF3N4O2/c1-11-9-14-17(27-16(11)21)28(18(25-14)26-15(29)10-19(2,3)4)12-5-7-13(8-6-12)30-20(22,23)24/h5-9H,10H2,1-4H3,(H,25,26,29). The number of anilines is 1. The Balaban J connectivity index is 2.06. The molecule has 0 radical (unpaired) electrons. The fraction of sp³-hybridized carbons (Fsp3) is 0.350. The molecule has 0 saturated carbocycles. The minimum Gasteiger partial charge on any atom is -0.406 e. The lowest BCUT2D eigenvalue weighted by Crippen LogP contribution is -2.21. The maximum Gasteiger partial charge on any atom is 0.573 e. The van der Waals surface area contributed by atoms with Crippen molar-refractivity contribution in [3.63, 3.8) is 0 Å². The Bertz CT molecular complexity index is 1090. The smallest absolute Gasteiger partial charge is 0.406 e. The first-order chi connectivity index (χ1) is 13.8. The molecule has 160 valence electrons. The van der Waals surface area contributed by atoms with Crippen molar-refractivity contribution < 1.29 is 22.7 Å². The number of benzene rings is 1. The molecule has 1 aromatic carbocycles. The summed E-state index contributed by atoms with van der Waals surface area (Å²) in [5.41, 5.74) is 1.75.